The van der Waals surface area contributed by atoms with Gasteiger partial charge in [0, 0.05) is 19.1 Å². The molecule has 2 rings (SSSR count). The van der Waals surface area contributed by atoms with Crippen LogP contribution in [0.1, 0.15) is 51.2 Å². The molecule has 0 amide bonds. The van der Waals surface area contributed by atoms with E-state index in [2.05, 4.69) is 55.3 Å². The fourth-order valence-electron chi connectivity index (χ4n) is 3.28. The van der Waals surface area contributed by atoms with Crippen molar-refractivity contribution in [2.45, 2.75) is 59.0 Å². The Kier molecular flexibility index (Phi) is 6.72. The minimum absolute atomic E-state index is 0.579. The van der Waals surface area contributed by atoms with E-state index in [1.807, 2.05) is 0 Å². The molecule has 0 aromatic heterocycles. The van der Waals surface area contributed by atoms with Crippen molar-refractivity contribution in [2.75, 3.05) is 19.6 Å². The molecule has 0 radical (unpaired) electrons. The molecular weight excluding hydrogens is 256 g/mol. The molecule has 1 aliphatic heterocycles. The highest BCUT2D eigenvalue weighted by molar-refractivity contribution is 5.22. The van der Waals surface area contributed by atoms with Crippen molar-refractivity contribution in [3.63, 3.8) is 0 Å². The van der Waals surface area contributed by atoms with Crippen LogP contribution in [-0.4, -0.2) is 30.6 Å². The van der Waals surface area contributed by atoms with Crippen LogP contribution in [0.15, 0.2) is 24.3 Å². The smallest absolute Gasteiger partial charge is 0.0233 e. The molecule has 1 aromatic rings. The highest BCUT2D eigenvalue weighted by Gasteiger charge is 2.21. The molecule has 0 bridgehead atoms. The van der Waals surface area contributed by atoms with E-state index in [0.29, 0.717) is 6.04 Å². The van der Waals surface area contributed by atoms with Crippen LogP contribution in [0.5, 0.6) is 0 Å². The second-order valence-corrected chi connectivity index (χ2v) is 6.85. The molecular formula is C19H32N2. The Morgan fingerprint density at radius 3 is 2.57 bits per heavy atom. The summed E-state index contributed by atoms with van der Waals surface area (Å²) in [5.74, 6) is 0.941. The summed E-state index contributed by atoms with van der Waals surface area (Å²) >= 11 is 0. The van der Waals surface area contributed by atoms with Crippen LogP contribution in [0.3, 0.4) is 0 Å². The number of nitrogens with zero attached hydrogens (tertiary/aromatic N) is 1. The topological polar surface area (TPSA) is 15.3 Å². The lowest BCUT2D eigenvalue weighted by Gasteiger charge is -2.16. The Bertz CT molecular complexity index is 397. The predicted molar refractivity (Wildman–Crippen MR) is 91.6 cm³/mol. The summed E-state index contributed by atoms with van der Waals surface area (Å²) in [5, 5.41) is 3.48. The quantitative estimate of drug-likeness (QED) is 0.781. The van der Waals surface area contributed by atoms with E-state index in [1.165, 1.54) is 43.5 Å². The van der Waals surface area contributed by atoms with Crippen molar-refractivity contribution < 1.29 is 0 Å². The van der Waals surface area contributed by atoms with Crippen LogP contribution in [0.2, 0.25) is 0 Å². The summed E-state index contributed by atoms with van der Waals surface area (Å²) in [6.45, 7) is 11.5. The molecule has 2 heteroatoms. The lowest BCUT2D eigenvalue weighted by molar-refractivity contribution is 0.313. The van der Waals surface area contributed by atoms with Gasteiger partial charge < -0.3 is 5.32 Å². The molecule has 0 saturated carbocycles. The van der Waals surface area contributed by atoms with Crippen molar-refractivity contribution in [2.24, 2.45) is 5.92 Å². The Morgan fingerprint density at radius 2 is 1.90 bits per heavy atom. The molecule has 21 heavy (non-hydrogen) atoms. The first-order valence-corrected chi connectivity index (χ1v) is 8.71. The maximum Gasteiger partial charge on any atom is 0.0233 e. The summed E-state index contributed by atoms with van der Waals surface area (Å²) in [7, 11) is 0. The van der Waals surface area contributed by atoms with E-state index < -0.39 is 0 Å². The van der Waals surface area contributed by atoms with Crippen molar-refractivity contribution in [1.29, 1.82) is 0 Å². The fraction of sp³-hybridized carbons (Fsp3) is 0.684. The van der Waals surface area contributed by atoms with E-state index in [0.717, 1.165) is 25.4 Å². The normalized spacial score (nSPS) is 19.5. The fourth-order valence-corrected chi connectivity index (χ4v) is 3.28. The number of benzene rings is 1. The predicted octanol–water partition coefficient (Wildman–Crippen LogP) is 3.85. The van der Waals surface area contributed by atoms with E-state index in [9.17, 15) is 0 Å². The van der Waals surface area contributed by atoms with Crippen LogP contribution in [0, 0.1) is 5.92 Å². The molecule has 0 aliphatic carbocycles. The van der Waals surface area contributed by atoms with Gasteiger partial charge in [-0.25, -0.2) is 0 Å². The number of hydrogen-bond acceptors (Lipinski definition) is 2. The Labute approximate surface area is 130 Å². The van der Waals surface area contributed by atoms with E-state index >= 15 is 0 Å². The van der Waals surface area contributed by atoms with Crippen LogP contribution in [-0.2, 0) is 13.0 Å². The third-order valence-corrected chi connectivity index (χ3v) is 4.46. The SMILES string of the molecule is CCCC1CCN(Cc2ccc(CCNC(C)C)cc2)C1. The Morgan fingerprint density at radius 1 is 1.19 bits per heavy atom. The summed E-state index contributed by atoms with van der Waals surface area (Å²) in [4.78, 5) is 2.62. The number of hydrogen-bond donors (Lipinski definition) is 1. The van der Waals surface area contributed by atoms with Crippen LogP contribution < -0.4 is 5.32 Å². The van der Waals surface area contributed by atoms with Gasteiger partial charge in [0.2, 0.25) is 0 Å². The number of rotatable bonds is 8. The molecule has 1 saturated heterocycles. The third kappa shape index (κ3) is 5.80. The average molecular weight is 288 g/mol. The maximum absolute atomic E-state index is 3.48. The summed E-state index contributed by atoms with van der Waals surface area (Å²) in [6, 6.07) is 9.82. The van der Waals surface area contributed by atoms with Crippen molar-refractivity contribution in [3.8, 4) is 0 Å². The second kappa shape index (κ2) is 8.55. The van der Waals surface area contributed by atoms with E-state index in [-0.39, 0.29) is 0 Å². The number of likely N-dealkylation sites (tertiary alicyclic amines) is 1. The molecule has 1 N–H and O–H groups in total. The zero-order valence-corrected chi connectivity index (χ0v) is 14.1. The first kappa shape index (κ1) is 16.5. The molecule has 1 aromatic carbocycles. The van der Waals surface area contributed by atoms with Crippen molar-refractivity contribution >= 4 is 0 Å². The lowest BCUT2D eigenvalue weighted by Crippen LogP contribution is -2.24. The summed E-state index contributed by atoms with van der Waals surface area (Å²) in [5.41, 5.74) is 2.91. The third-order valence-electron chi connectivity index (χ3n) is 4.46. The molecule has 1 aliphatic rings. The lowest BCUT2D eigenvalue weighted by atomic mass is 10.0. The van der Waals surface area contributed by atoms with Gasteiger partial charge in [0.25, 0.3) is 0 Å². The first-order chi connectivity index (χ1) is 10.2. The van der Waals surface area contributed by atoms with Gasteiger partial charge in [0.1, 0.15) is 0 Å². The van der Waals surface area contributed by atoms with Crippen LogP contribution in [0.4, 0.5) is 0 Å². The van der Waals surface area contributed by atoms with Crippen LogP contribution in [0.25, 0.3) is 0 Å². The zero-order valence-electron chi connectivity index (χ0n) is 14.1. The van der Waals surface area contributed by atoms with Crippen molar-refractivity contribution in [1.82, 2.24) is 10.2 Å². The van der Waals surface area contributed by atoms with Gasteiger partial charge in [-0.3, -0.25) is 4.90 Å². The highest BCUT2D eigenvalue weighted by Crippen LogP contribution is 2.22. The minimum atomic E-state index is 0.579. The van der Waals surface area contributed by atoms with Gasteiger partial charge >= 0.3 is 0 Å². The standard InChI is InChI=1S/C19H32N2/c1-4-5-18-11-13-21(14-18)15-19-8-6-17(7-9-19)10-12-20-16(2)3/h6-9,16,18,20H,4-5,10-15H2,1-3H3. The highest BCUT2D eigenvalue weighted by atomic mass is 15.1. The minimum Gasteiger partial charge on any atom is -0.314 e. The molecule has 118 valence electrons. The Balaban J connectivity index is 1.75. The summed E-state index contributed by atoms with van der Waals surface area (Å²) in [6.07, 6.45) is 5.25. The van der Waals surface area contributed by atoms with Gasteiger partial charge in [-0.2, -0.15) is 0 Å². The van der Waals surface area contributed by atoms with Gasteiger partial charge in [0.15, 0.2) is 0 Å². The molecule has 1 unspecified atom stereocenters. The number of nitrogens with one attached hydrogen (secondary N) is 1. The first-order valence-electron chi connectivity index (χ1n) is 8.71. The monoisotopic (exact) mass is 288 g/mol. The van der Waals surface area contributed by atoms with Crippen LogP contribution >= 0.6 is 0 Å². The molecule has 1 atom stereocenters. The van der Waals surface area contributed by atoms with E-state index in [1.54, 1.807) is 0 Å². The molecule has 1 fully saturated rings. The average Bonchev–Trinajstić information content (AvgIpc) is 2.88. The molecule has 0 spiro atoms. The van der Waals surface area contributed by atoms with E-state index in [4.69, 9.17) is 0 Å². The van der Waals surface area contributed by atoms with Gasteiger partial charge in [0.05, 0.1) is 0 Å². The van der Waals surface area contributed by atoms with Gasteiger partial charge in [-0.15, -0.1) is 0 Å². The largest absolute Gasteiger partial charge is 0.314 e. The maximum atomic E-state index is 3.48. The Hall–Kier alpha value is -0.860. The van der Waals surface area contributed by atoms with Crippen molar-refractivity contribution in [3.05, 3.63) is 35.4 Å². The molecule has 2 nitrogen and oxygen atoms in total. The van der Waals surface area contributed by atoms with Gasteiger partial charge in [-0.05, 0) is 49.4 Å². The molecule has 1 heterocycles. The van der Waals surface area contributed by atoms with Gasteiger partial charge in [-0.1, -0.05) is 51.5 Å². The second-order valence-electron chi connectivity index (χ2n) is 6.85. The summed E-state index contributed by atoms with van der Waals surface area (Å²) < 4.78 is 0. The zero-order chi connectivity index (χ0) is 15.1.